The Hall–Kier alpha value is -3.22. The second kappa shape index (κ2) is 52.7. The molecule has 0 heterocycles. The molecule has 0 bridgehead atoms. The van der Waals surface area contributed by atoms with Crippen molar-refractivity contribution in [1.29, 1.82) is 0 Å². The Kier molecular flexibility index (Phi) is 50.2. The van der Waals surface area contributed by atoms with Gasteiger partial charge in [-0.05, 0) is 70.6 Å². The summed E-state index contributed by atoms with van der Waals surface area (Å²) in [5.41, 5.74) is 0. The summed E-state index contributed by atoms with van der Waals surface area (Å²) in [5.74, 6) is -0.560. The van der Waals surface area contributed by atoms with Gasteiger partial charge in [0.25, 0.3) is 0 Å². The first-order valence-electron chi connectivity index (χ1n) is 27.6. The van der Waals surface area contributed by atoms with Gasteiger partial charge in [0, 0.05) is 6.42 Å². The van der Waals surface area contributed by atoms with E-state index >= 15 is 0 Å². The number of unbranched alkanes of at least 4 members (excludes halogenated alkanes) is 26. The average molecular weight is 918 g/mol. The number of carbonyl (C=O) groups excluding carboxylic acids is 2. The van der Waals surface area contributed by atoms with Crippen molar-refractivity contribution in [2.24, 2.45) is 0 Å². The summed E-state index contributed by atoms with van der Waals surface area (Å²) < 4.78 is 5.91. The lowest BCUT2D eigenvalue weighted by Gasteiger charge is -2.24. The summed E-state index contributed by atoms with van der Waals surface area (Å²) in [5, 5.41) is 23.8. The van der Waals surface area contributed by atoms with Gasteiger partial charge in [0.2, 0.25) is 5.91 Å². The number of aliphatic hydroxyl groups excluding tert-OH is 2. The lowest BCUT2D eigenvalue weighted by molar-refractivity contribution is -0.151. The second-order valence-corrected chi connectivity index (χ2v) is 18.4. The molecule has 0 spiro atoms. The van der Waals surface area contributed by atoms with E-state index < -0.39 is 18.2 Å². The molecular formula is C60H103NO5. The van der Waals surface area contributed by atoms with Crippen LogP contribution in [0.4, 0.5) is 0 Å². The van der Waals surface area contributed by atoms with Crippen LogP contribution in [0.1, 0.15) is 245 Å². The summed E-state index contributed by atoms with van der Waals surface area (Å²) in [7, 11) is 0. The largest absolute Gasteiger partial charge is 0.462 e. The molecule has 3 N–H and O–H groups in total. The van der Waals surface area contributed by atoms with E-state index in [4.69, 9.17) is 4.74 Å². The number of esters is 1. The minimum Gasteiger partial charge on any atom is -0.462 e. The average Bonchev–Trinajstić information content (AvgIpc) is 3.31. The minimum atomic E-state index is -0.811. The molecule has 0 saturated carbocycles. The molecule has 0 aromatic rings. The Morgan fingerprint density at radius 1 is 0.455 bits per heavy atom. The van der Waals surface area contributed by atoms with Crippen molar-refractivity contribution in [2.75, 3.05) is 6.61 Å². The van der Waals surface area contributed by atoms with Gasteiger partial charge in [-0.25, -0.2) is 0 Å². The zero-order valence-corrected chi connectivity index (χ0v) is 43.0. The third-order valence-electron chi connectivity index (χ3n) is 12.1. The van der Waals surface area contributed by atoms with Crippen LogP contribution in [0, 0.1) is 0 Å². The predicted octanol–water partition coefficient (Wildman–Crippen LogP) is 16.9. The van der Waals surface area contributed by atoms with Gasteiger partial charge in [-0.2, -0.15) is 0 Å². The van der Waals surface area contributed by atoms with Crippen molar-refractivity contribution in [2.45, 2.75) is 264 Å². The molecule has 0 saturated heterocycles. The number of ether oxygens (including phenoxy) is 1. The van der Waals surface area contributed by atoms with Crippen LogP contribution in [0.15, 0.2) is 97.2 Å². The first-order valence-corrected chi connectivity index (χ1v) is 27.6. The standard InChI is InChI=1S/C60H103NO5/c1-4-7-10-13-16-19-22-25-28-31-33-36-39-42-45-48-51-56(66-60(65)53-50-47-44-41-38-35-30-27-24-21-18-15-12-9-6-3)54-59(64)61-57(55-62)58(63)52-49-46-43-40-37-34-32-29-26-23-20-17-14-11-8-5-2/h9,12,15,18,21-22,24-25,27-28,30-31,33,35-36,38,56-58,62-63H,4-8,10-11,13-14,16-17,19-20,23,26,29,32,34,37,39-55H2,1-3H3,(H,61,64)/b12-9+,18-15+,24-21-,25-22+,30-27-,31-28+,36-33+,38-35+. The van der Waals surface area contributed by atoms with Crippen molar-refractivity contribution in [3.8, 4) is 0 Å². The number of allylic oxidation sites excluding steroid dienone is 16. The summed E-state index contributed by atoms with van der Waals surface area (Å²) in [6.45, 7) is 6.31. The highest BCUT2D eigenvalue weighted by atomic mass is 16.5. The Labute approximate surface area is 407 Å². The van der Waals surface area contributed by atoms with Crippen LogP contribution < -0.4 is 5.32 Å². The van der Waals surface area contributed by atoms with Gasteiger partial charge in [0.15, 0.2) is 0 Å². The van der Waals surface area contributed by atoms with E-state index in [1.165, 1.54) is 116 Å². The summed E-state index contributed by atoms with van der Waals surface area (Å²) in [6, 6.07) is -0.729. The Bertz CT molecular complexity index is 1310. The molecule has 1 amide bonds. The van der Waals surface area contributed by atoms with Crippen LogP contribution in [-0.2, 0) is 14.3 Å². The van der Waals surface area contributed by atoms with Gasteiger partial charge in [-0.1, -0.05) is 259 Å². The minimum absolute atomic E-state index is 0.0324. The fraction of sp³-hybridized carbons (Fsp3) is 0.700. The van der Waals surface area contributed by atoms with Crippen LogP contribution >= 0.6 is 0 Å². The highest BCUT2D eigenvalue weighted by Crippen LogP contribution is 2.17. The van der Waals surface area contributed by atoms with Crippen molar-refractivity contribution in [3.05, 3.63) is 97.2 Å². The Morgan fingerprint density at radius 3 is 1.26 bits per heavy atom. The Morgan fingerprint density at radius 2 is 0.818 bits per heavy atom. The lowest BCUT2D eigenvalue weighted by Crippen LogP contribution is -2.46. The molecule has 6 nitrogen and oxygen atoms in total. The highest BCUT2D eigenvalue weighted by molar-refractivity contribution is 5.77. The highest BCUT2D eigenvalue weighted by Gasteiger charge is 2.24. The van der Waals surface area contributed by atoms with Crippen LogP contribution in [0.5, 0.6) is 0 Å². The first-order chi connectivity index (χ1) is 32.5. The lowest BCUT2D eigenvalue weighted by atomic mass is 10.0. The maximum atomic E-state index is 13.2. The van der Waals surface area contributed by atoms with E-state index in [0.29, 0.717) is 19.3 Å². The van der Waals surface area contributed by atoms with Crippen molar-refractivity contribution in [3.63, 3.8) is 0 Å². The number of carbonyl (C=O) groups is 2. The Balaban J connectivity index is 4.71. The normalized spacial score (nSPS) is 14.0. The molecule has 66 heavy (non-hydrogen) atoms. The summed E-state index contributed by atoms with van der Waals surface area (Å²) in [4.78, 5) is 26.2. The van der Waals surface area contributed by atoms with Crippen molar-refractivity contribution >= 4 is 11.9 Å². The SMILES string of the molecule is CC/C=C/C=C/C=C\C=C/C=C/CCCCCC(=O)OC(CCCCC/C=C/C=C/C=C/CCCCCCC)CC(=O)NC(CO)C(O)CCCCCCCCCCCCCCCCCC. The topological polar surface area (TPSA) is 95.9 Å². The van der Waals surface area contributed by atoms with Gasteiger partial charge < -0.3 is 20.3 Å². The third-order valence-corrected chi connectivity index (χ3v) is 12.1. The van der Waals surface area contributed by atoms with E-state index in [2.05, 4.69) is 80.8 Å². The van der Waals surface area contributed by atoms with Gasteiger partial charge in [0.1, 0.15) is 6.10 Å². The molecule has 3 atom stereocenters. The smallest absolute Gasteiger partial charge is 0.306 e. The van der Waals surface area contributed by atoms with Crippen LogP contribution in [-0.4, -0.2) is 46.9 Å². The molecule has 6 heteroatoms. The number of aliphatic hydroxyl groups is 2. The molecule has 0 aliphatic heterocycles. The fourth-order valence-electron chi connectivity index (χ4n) is 7.92. The number of hydrogen-bond acceptors (Lipinski definition) is 5. The number of rotatable bonds is 48. The molecule has 0 aliphatic rings. The maximum absolute atomic E-state index is 13.2. The maximum Gasteiger partial charge on any atom is 0.306 e. The van der Waals surface area contributed by atoms with E-state index in [1.807, 2.05) is 42.5 Å². The molecule has 0 aromatic heterocycles. The molecule has 0 aliphatic carbocycles. The molecule has 3 unspecified atom stereocenters. The number of amides is 1. The van der Waals surface area contributed by atoms with Gasteiger partial charge >= 0.3 is 5.97 Å². The molecule has 378 valence electrons. The fourth-order valence-corrected chi connectivity index (χ4v) is 7.92. The molecule has 0 fully saturated rings. The van der Waals surface area contributed by atoms with E-state index in [1.54, 1.807) is 0 Å². The first kappa shape index (κ1) is 62.8. The quantitative estimate of drug-likeness (QED) is 0.0321. The zero-order valence-electron chi connectivity index (χ0n) is 43.0. The van der Waals surface area contributed by atoms with Crippen LogP contribution in [0.25, 0.3) is 0 Å². The second-order valence-electron chi connectivity index (χ2n) is 18.4. The molecule has 0 aromatic carbocycles. The summed E-state index contributed by atoms with van der Waals surface area (Å²) >= 11 is 0. The van der Waals surface area contributed by atoms with Gasteiger partial charge in [-0.15, -0.1) is 0 Å². The van der Waals surface area contributed by atoms with Gasteiger partial charge in [0.05, 0.1) is 25.2 Å². The van der Waals surface area contributed by atoms with Crippen LogP contribution in [0.2, 0.25) is 0 Å². The van der Waals surface area contributed by atoms with Crippen molar-refractivity contribution in [1.82, 2.24) is 5.32 Å². The van der Waals surface area contributed by atoms with Gasteiger partial charge in [-0.3, -0.25) is 9.59 Å². The van der Waals surface area contributed by atoms with E-state index in [9.17, 15) is 19.8 Å². The molecule has 0 rings (SSSR count). The van der Waals surface area contributed by atoms with E-state index in [0.717, 1.165) is 83.5 Å². The van der Waals surface area contributed by atoms with Crippen LogP contribution in [0.3, 0.4) is 0 Å². The van der Waals surface area contributed by atoms with E-state index in [-0.39, 0.29) is 24.9 Å². The predicted molar refractivity (Wildman–Crippen MR) is 287 cm³/mol. The number of nitrogens with one attached hydrogen (secondary N) is 1. The molecular weight excluding hydrogens is 815 g/mol. The third kappa shape index (κ3) is 47.3. The molecule has 0 radical (unpaired) electrons. The van der Waals surface area contributed by atoms with Crippen molar-refractivity contribution < 1.29 is 24.5 Å². The monoisotopic (exact) mass is 918 g/mol. The number of hydrogen-bond donors (Lipinski definition) is 3. The zero-order chi connectivity index (χ0) is 48.1. The summed E-state index contributed by atoms with van der Waals surface area (Å²) in [6.07, 6.45) is 70.3.